The number of rotatable bonds is 9. The quantitative estimate of drug-likeness (QED) is 0.541. The van der Waals surface area contributed by atoms with E-state index in [0.29, 0.717) is 18.2 Å². The van der Waals surface area contributed by atoms with Crippen molar-refractivity contribution in [2.45, 2.75) is 39.2 Å². The van der Waals surface area contributed by atoms with Gasteiger partial charge in [0.25, 0.3) is 0 Å². The van der Waals surface area contributed by atoms with Gasteiger partial charge in [0, 0.05) is 23.9 Å². The third-order valence-corrected chi connectivity index (χ3v) is 2.94. The molecular formula is C15H24N2O3S. The summed E-state index contributed by atoms with van der Waals surface area (Å²) in [5.41, 5.74) is 0. The Balaban J connectivity index is 2.41. The Hall–Kier alpha value is -1.27. The zero-order valence-corrected chi connectivity index (χ0v) is 13.9. The molecule has 0 saturated carbocycles. The van der Waals surface area contributed by atoms with Gasteiger partial charge in [0.05, 0.1) is 6.20 Å². The molecule has 2 atom stereocenters. The number of hydrogen-bond acceptors (Lipinski definition) is 6. The first kappa shape index (κ1) is 17.8. The van der Waals surface area contributed by atoms with Gasteiger partial charge in [0.15, 0.2) is 5.78 Å². The number of hydrogen-bond donors (Lipinski definition) is 2. The van der Waals surface area contributed by atoms with Crippen molar-refractivity contribution in [2.24, 2.45) is 5.92 Å². The van der Waals surface area contributed by atoms with Crippen molar-refractivity contribution in [3.63, 3.8) is 0 Å². The van der Waals surface area contributed by atoms with Crippen LogP contribution in [0, 0.1) is 5.92 Å². The van der Waals surface area contributed by atoms with Gasteiger partial charge in [-0.25, -0.2) is 4.98 Å². The van der Waals surface area contributed by atoms with Gasteiger partial charge in [-0.1, -0.05) is 13.8 Å². The maximum atomic E-state index is 11.5. The number of ketones is 1. The summed E-state index contributed by atoms with van der Waals surface area (Å²) in [5.74, 6) is 1.13. The lowest BCUT2D eigenvalue weighted by atomic mass is 10.1. The molecule has 0 saturated heterocycles. The maximum absolute atomic E-state index is 11.5. The van der Waals surface area contributed by atoms with Crippen LogP contribution in [0.3, 0.4) is 0 Å². The van der Waals surface area contributed by atoms with Gasteiger partial charge in [-0.2, -0.15) is 12.6 Å². The molecule has 21 heavy (non-hydrogen) atoms. The van der Waals surface area contributed by atoms with Crippen LogP contribution in [0.1, 0.15) is 27.7 Å². The molecule has 1 N–H and O–H groups in total. The molecule has 0 aromatic carbocycles. The van der Waals surface area contributed by atoms with Crippen molar-refractivity contribution < 1.29 is 14.3 Å². The molecule has 0 unspecified atom stereocenters. The number of aromatic nitrogens is 1. The van der Waals surface area contributed by atoms with E-state index in [0.717, 1.165) is 0 Å². The highest BCUT2D eigenvalue weighted by molar-refractivity contribution is 7.80. The monoisotopic (exact) mass is 312 g/mol. The minimum absolute atomic E-state index is 0.0126. The van der Waals surface area contributed by atoms with E-state index in [2.05, 4.69) is 22.9 Å². The van der Waals surface area contributed by atoms with E-state index in [4.69, 9.17) is 9.47 Å². The molecule has 0 bridgehead atoms. The fourth-order valence-corrected chi connectivity index (χ4v) is 1.53. The van der Waals surface area contributed by atoms with Gasteiger partial charge < -0.3 is 14.8 Å². The van der Waals surface area contributed by atoms with Crippen molar-refractivity contribution >= 4 is 18.4 Å². The number of carbonyl (C=O) groups excluding carboxylic acids is 1. The van der Waals surface area contributed by atoms with E-state index in [-0.39, 0.29) is 29.8 Å². The van der Waals surface area contributed by atoms with Gasteiger partial charge >= 0.3 is 0 Å². The molecule has 0 aliphatic heterocycles. The second-order valence-corrected chi connectivity index (χ2v) is 6.03. The summed E-state index contributed by atoms with van der Waals surface area (Å²) < 4.78 is 11.0. The van der Waals surface area contributed by atoms with Crippen molar-refractivity contribution in [1.82, 2.24) is 10.3 Å². The average Bonchev–Trinajstić information content (AvgIpc) is 2.44. The van der Waals surface area contributed by atoms with Crippen molar-refractivity contribution in [3.05, 3.63) is 18.3 Å². The van der Waals surface area contributed by atoms with Crippen LogP contribution >= 0.6 is 12.6 Å². The van der Waals surface area contributed by atoms with Gasteiger partial charge in [0.2, 0.25) is 5.88 Å². The molecule has 118 valence electrons. The molecule has 0 amide bonds. The average molecular weight is 312 g/mol. The largest absolute Gasteiger partial charge is 0.484 e. The van der Waals surface area contributed by atoms with Crippen molar-refractivity contribution in [3.8, 4) is 11.6 Å². The van der Waals surface area contributed by atoms with Crippen molar-refractivity contribution in [2.75, 3.05) is 13.2 Å². The lowest BCUT2D eigenvalue weighted by molar-refractivity contribution is -0.123. The van der Waals surface area contributed by atoms with Crippen LogP contribution in [0.5, 0.6) is 11.6 Å². The molecule has 0 spiro atoms. The van der Waals surface area contributed by atoms with Crippen molar-refractivity contribution in [1.29, 1.82) is 0 Å². The molecule has 5 nitrogen and oxygen atoms in total. The predicted octanol–water partition coefficient (Wildman–Crippen LogP) is 2.32. The Kier molecular flexibility index (Phi) is 7.53. The van der Waals surface area contributed by atoms with E-state index in [9.17, 15) is 4.79 Å². The molecule has 1 aromatic heterocycles. The van der Waals surface area contributed by atoms with E-state index >= 15 is 0 Å². The molecule has 0 aliphatic rings. The zero-order valence-electron chi connectivity index (χ0n) is 13.0. The molecule has 0 aliphatic carbocycles. The second-order valence-electron chi connectivity index (χ2n) is 5.25. The van der Waals surface area contributed by atoms with E-state index in [1.165, 1.54) is 0 Å². The Morgan fingerprint density at radius 3 is 2.57 bits per heavy atom. The molecule has 1 rings (SSSR count). The molecule has 1 aromatic rings. The third kappa shape index (κ3) is 7.34. The molecule has 0 radical (unpaired) electrons. The standard InChI is InChI=1S/C15H24N2O3S/c1-10(2)14(18)9-19-13-5-6-15(17-8-13)20-11(3)7-16-12(4)21/h5-6,8,10-12,16,21H,7,9H2,1-4H3/t11-,12-/m0/s1. The summed E-state index contributed by atoms with van der Waals surface area (Å²) in [6, 6.07) is 3.48. The fraction of sp³-hybridized carbons (Fsp3) is 0.600. The van der Waals surface area contributed by atoms with Crippen LogP contribution in [0.25, 0.3) is 0 Å². The van der Waals surface area contributed by atoms with Crippen LogP contribution in [0.4, 0.5) is 0 Å². The summed E-state index contributed by atoms with van der Waals surface area (Å²) in [6.45, 7) is 8.37. The molecule has 1 heterocycles. The lowest BCUT2D eigenvalue weighted by Gasteiger charge is -2.16. The number of pyridine rings is 1. The highest BCUT2D eigenvalue weighted by Gasteiger charge is 2.09. The summed E-state index contributed by atoms with van der Waals surface area (Å²) in [5, 5.41) is 3.29. The van der Waals surface area contributed by atoms with E-state index in [1.807, 2.05) is 27.7 Å². The first-order chi connectivity index (χ1) is 9.88. The lowest BCUT2D eigenvalue weighted by Crippen LogP contribution is -2.32. The molecule has 0 fully saturated rings. The Morgan fingerprint density at radius 1 is 1.33 bits per heavy atom. The minimum atomic E-state index is -0.0249. The summed E-state index contributed by atoms with van der Waals surface area (Å²) in [4.78, 5) is 15.6. The summed E-state index contributed by atoms with van der Waals surface area (Å²) in [7, 11) is 0. The minimum Gasteiger partial charge on any atom is -0.484 e. The Labute approximate surface area is 131 Å². The van der Waals surface area contributed by atoms with Gasteiger partial charge in [-0.05, 0) is 19.9 Å². The summed E-state index contributed by atoms with van der Waals surface area (Å²) >= 11 is 4.24. The third-order valence-electron chi connectivity index (χ3n) is 2.76. The second kappa shape index (κ2) is 8.89. The van der Waals surface area contributed by atoms with Crippen LogP contribution in [-0.2, 0) is 4.79 Å². The summed E-state index contributed by atoms with van der Waals surface area (Å²) in [6.07, 6.45) is 1.55. The van der Waals surface area contributed by atoms with Crippen LogP contribution < -0.4 is 14.8 Å². The van der Waals surface area contributed by atoms with E-state index in [1.54, 1.807) is 18.3 Å². The number of Topliss-reactive ketones (excluding diaryl/α,β-unsaturated/α-hetero) is 1. The van der Waals surface area contributed by atoms with E-state index < -0.39 is 0 Å². The molecule has 6 heteroatoms. The van der Waals surface area contributed by atoms with Gasteiger partial charge in [-0.3, -0.25) is 4.79 Å². The Morgan fingerprint density at radius 2 is 2.05 bits per heavy atom. The highest BCUT2D eigenvalue weighted by Crippen LogP contribution is 2.15. The number of nitrogens with zero attached hydrogens (tertiary/aromatic N) is 1. The van der Waals surface area contributed by atoms with Crippen LogP contribution in [0.2, 0.25) is 0 Å². The first-order valence-electron chi connectivity index (χ1n) is 7.08. The number of nitrogens with one attached hydrogen (secondary N) is 1. The van der Waals surface area contributed by atoms with Gasteiger partial charge in [-0.15, -0.1) is 0 Å². The maximum Gasteiger partial charge on any atom is 0.213 e. The van der Waals surface area contributed by atoms with Crippen LogP contribution in [-0.4, -0.2) is 35.4 Å². The topological polar surface area (TPSA) is 60.5 Å². The smallest absolute Gasteiger partial charge is 0.213 e. The van der Waals surface area contributed by atoms with Gasteiger partial charge in [0.1, 0.15) is 18.5 Å². The number of carbonyl (C=O) groups is 1. The predicted molar refractivity (Wildman–Crippen MR) is 86.1 cm³/mol. The number of thiol groups is 1. The highest BCUT2D eigenvalue weighted by atomic mass is 32.1. The SMILES string of the molecule is CC(C)C(=O)COc1ccc(O[C@@H](C)CN[C@H](C)S)nc1. The van der Waals surface area contributed by atoms with Crippen LogP contribution in [0.15, 0.2) is 18.3 Å². The first-order valence-corrected chi connectivity index (χ1v) is 7.59. The Bertz CT molecular complexity index is 435. The zero-order chi connectivity index (χ0) is 15.8. The number of ether oxygens (including phenoxy) is 2. The molecular weight excluding hydrogens is 288 g/mol. The normalized spacial score (nSPS) is 13.8. The fourth-order valence-electron chi connectivity index (χ4n) is 1.43.